The quantitative estimate of drug-likeness (QED) is 0.291. The number of nitrogens with one attached hydrogen (secondary N) is 2. The van der Waals surface area contributed by atoms with Crippen LogP contribution in [-0.2, 0) is 35.5 Å². The lowest BCUT2D eigenvalue weighted by atomic mass is 10.1. The number of carboxylic acid groups (broad SMARTS) is 1. The Morgan fingerprint density at radius 2 is 2.00 bits per heavy atom. The lowest BCUT2D eigenvalue weighted by molar-refractivity contribution is -0.139. The second-order valence-corrected chi connectivity index (χ2v) is 9.11. The van der Waals surface area contributed by atoms with E-state index in [0.29, 0.717) is 24.3 Å². The highest BCUT2D eigenvalue weighted by molar-refractivity contribution is 5.81. The summed E-state index contributed by atoms with van der Waals surface area (Å²) in [6.45, 7) is 1.42. The van der Waals surface area contributed by atoms with Crippen LogP contribution in [0.5, 0.6) is 5.75 Å². The van der Waals surface area contributed by atoms with Crippen LogP contribution in [0.25, 0.3) is 10.9 Å². The topological polar surface area (TPSA) is 128 Å². The van der Waals surface area contributed by atoms with Crippen LogP contribution in [-0.4, -0.2) is 51.1 Å². The molecular formula is C28H29N5O5. The van der Waals surface area contributed by atoms with Gasteiger partial charge < -0.3 is 25.2 Å². The Bertz CT molecular complexity index is 1420. The van der Waals surface area contributed by atoms with E-state index in [2.05, 4.69) is 21.8 Å². The van der Waals surface area contributed by atoms with Gasteiger partial charge in [-0.25, -0.2) is 14.6 Å². The number of hydrogen-bond acceptors (Lipinski definition) is 7. The second kappa shape index (κ2) is 11.6. The van der Waals surface area contributed by atoms with Gasteiger partial charge in [-0.2, -0.15) is 5.10 Å². The summed E-state index contributed by atoms with van der Waals surface area (Å²) >= 11 is 0. The Morgan fingerprint density at radius 3 is 2.84 bits per heavy atom. The normalized spacial score (nSPS) is 13.3. The molecule has 0 radical (unpaired) electrons. The number of carbonyl (C=O) groups is 2. The van der Waals surface area contributed by atoms with Gasteiger partial charge in [-0.1, -0.05) is 36.4 Å². The van der Waals surface area contributed by atoms with E-state index >= 15 is 0 Å². The fourth-order valence-electron chi connectivity index (χ4n) is 4.30. The third-order valence-electron chi connectivity index (χ3n) is 6.27. The molecule has 0 aliphatic carbocycles. The smallest absolute Gasteiger partial charge is 0.408 e. The van der Waals surface area contributed by atoms with Crippen LogP contribution >= 0.6 is 0 Å². The average molecular weight is 516 g/mol. The minimum absolute atomic E-state index is 0.0485. The van der Waals surface area contributed by atoms with E-state index in [0.717, 1.165) is 41.8 Å². The Labute approximate surface area is 219 Å². The number of carboxylic acids is 1. The molecule has 3 heterocycles. The average Bonchev–Trinajstić information content (AvgIpc) is 3.34. The van der Waals surface area contributed by atoms with Gasteiger partial charge in [0.15, 0.2) is 0 Å². The standard InChI is InChI=1S/C28H29N5O5/c34-27(35)25(31-28(36)38-18-19-5-2-1-3-6-19)17-33-16-21-15-23(10-11-24(21)32-33)37-14-12-22-9-8-20-7-4-13-29-26(20)30-22/h1-3,5-6,8-11,15-16,25H,4,7,12-14,17-18H2,(H,29,30)(H,31,36)(H,34,35). The summed E-state index contributed by atoms with van der Waals surface area (Å²) in [4.78, 5) is 28.6. The molecule has 0 saturated heterocycles. The third-order valence-corrected chi connectivity index (χ3v) is 6.27. The van der Waals surface area contributed by atoms with Crippen LogP contribution in [0.3, 0.4) is 0 Å². The molecule has 10 heteroatoms. The molecule has 10 nitrogen and oxygen atoms in total. The van der Waals surface area contributed by atoms with Crippen molar-refractivity contribution >= 4 is 28.8 Å². The van der Waals surface area contributed by atoms with Crippen LogP contribution in [0.2, 0.25) is 0 Å². The Balaban J connectivity index is 1.15. The molecule has 1 unspecified atom stereocenters. The summed E-state index contributed by atoms with van der Waals surface area (Å²) in [5.41, 5.74) is 3.73. The molecule has 1 amide bonds. The van der Waals surface area contributed by atoms with Crippen molar-refractivity contribution in [3.8, 4) is 5.75 Å². The maximum absolute atomic E-state index is 12.2. The first-order valence-electron chi connectivity index (χ1n) is 12.6. The van der Waals surface area contributed by atoms with Crippen molar-refractivity contribution in [1.82, 2.24) is 20.1 Å². The number of nitrogens with zero attached hydrogens (tertiary/aromatic N) is 3. The molecule has 0 spiro atoms. The molecule has 5 rings (SSSR count). The molecular weight excluding hydrogens is 486 g/mol. The SMILES string of the molecule is O=C(NC(Cn1cc2cc(OCCc3ccc4c(n3)NCCC4)ccc2n1)C(=O)O)OCc1ccccc1. The molecule has 0 fully saturated rings. The van der Waals surface area contributed by atoms with Gasteiger partial charge in [-0.3, -0.25) is 4.68 Å². The highest BCUT2D eigenvalue weighted by Crippen LogP contribution is 2.22. The minimum atomic E-state index is -1.21. The van der Waals surface area contributed by atoms with Crippen molar-refractivity contribution in [2.45, 2.75) is 38.5 Å². The van der Waals surface area contributed by atoms with E-state index < -0.39 is 18.1 Å². The highest BCUT2D eigenvalue weighted by Gasteiger charge is 2.22. The second-order valence-electron chi connectivity index (χ2n) is 9.11. The number of carbonyl (C=O) groups excluding carboxylic acids is 1. The van der Waals surface area contributed by atoms with Crippen molar-refractivity contribution in [3.63, 3.8) is 0 Å². The first kappa shape index (κ1) is 25.1. The molecule has 3 N–H and O–H groups in total. The molecule has 196 valence electrons. The molecule has 1 aliphatic heterocycles. The number of rotatable bonds is 10. The van der Waals surface area contributed by atoms with Gasteiger partial charge in [0, 0.05) is 30.2 Å². The summed E-state index contributed by atoms with van der Waals surface area (Å²) in [6, 6.07) is 17.6. The Kier molecular flexibility index (Phi) is 7.67. The largest absolute Gasteiger partial charge is 0.493 e. The highest BCUT2D eigenvalue weighted by atomic mass is 16.5. The molecule has 1 aliphatic rings. The van der Waals surface area contributed by atoms with E-state index in [9.17, 15) is 14.7 Å². The van der Waals surface area contributed by atoms with E-state index in [1.54, 1.807) is 6.20 Å². The molecule has 38 heavy (non-hydrogen) atoms. The zero-order valence-electron chi connectivity index (χ0n) is 20.8. The first-order chi connectivity index (χ1) is 18.5. The summed E-state index contributed by atoms with van der Waals surface area (Å²) in [6.07, 6.45) is 3.79. The van der Waals surface area contributed by atoms with Gasteiger partial charge in [0.25, 0.3) is 0 Å². The Morgan fingerprint density at radius 1 is 1.13 bits per heavy atom. The molecule has 4 aromatic rings. The van der Waals surface area contributed by atoms with Crippen molar-refractivity contribution in [1.29, 1.82) is 0 Å². The van der Waals surface area contributed by atoms with E-state index in [1.807, 2.05) is 54.6 Å². The summed E-state index contributed by atoms with van der Waals surface area (Å²) in [7, 11) is 0. The molecule has 0 bridgehead atoms. The predicted molar refractivity (Wildman–Crippen MR) is 141 cm³/mol. The number of aryl methyl sites for hydroxylation is 1. The number of alkyl carbamates (subject to hydrolysis) is 1. The van der Waals surface area contributed by atoms with Gasteiger partial charge in [0.05, 0.1) is 18.7 Å². The van der Waals surface area contributed by atoms with Crippen LogP contribution in [0, 0.1) is 0 Å². The number of aromatic nitrogens is 3. The lowest BCUT2D eigenvalue weighted by Crippen LogP contribution is -2.44. The maximum atomic E-state index is 12.2. The number of hydrogen-bond donors (Lipinski definition) is 3. The summed E-state index contributed by atoms with van der Waals surface area (Å²) < 4.78 is 12.6. The zero-order chi connectivity index (χ0) is 26.3. The van der Waals surface area contributed by atoms with E-state index in [-0.39, 0.29) is 13.2 Å². The summed E-state index contributed by atoms with van der Waals surface area (Å²) in [5, 5.41) is 20.6. The molecule has 1 atom stereocenters. The number of anilines is 1. The van der Waals surface area contributed by atoms with Crippen LogP contribution in [0.1, 0.15) is 23.2 Å². The van der Waals surface area contributed by atoms with Gasteiger partial charge in [-0.15, -0.1) is 0 Å². The van der Waals surface area contributed by atoms with Crippen LogP contribution in [0.4, 0.5) is 10.6 Å². The molecule has 0 saturated carbocycles. The Hall–Kier alpha value is -4.60. The van der Waals surface area contributed by atoms with Gasteiger partial charge in [0.2, 0.25) is 0 Å². The number of ether oxygens (including phenoxy) is 2. The van der Waals surface area contributed by atoms with Crippen molar-refractivity contribution in [3.05, 3.63) is 83.7 Å². The third kappa shape index (κ3) is 6.39. The van der Waals surface area contributed by atoms with Gasteiger partial charge in [0.1, 0.15) is 24.2 Å². The number of aliphatic carboxylic acids is 1. The minimum Gasteiger partial charge on any atom is -0.493 e. The number of amides is 1. The monoisotopic (exact) mass is 515 g/mol. The molecule has 2 aromatic heterocycles. The molecule has 2 aromatic carbocycles. The van der Waals surface area contributed by atoms with Crippen molar-refractivity contribution < 1.29 is 24.2 Å². The van der Waals surface area contributed by atoms with Crippen LogP contribution < -0.4 is 15.4 Å². The first-order valence-corrected chi connectivity index (χ1v) is 12.6. The zero-order valence-corrected chi connectivity index (χ0v) is 20.8. The fraction of sp³-hybridized carbons (Fsp3) is 0.286. The van der Waals surface area contributed by atoms with Crippen molar-refractivity contribution in [2.75, 3.05) is 18.5 Å². The maximum Gasteiger partial charge on any atom is 0.408 e. The lowest BCUT2D eigenvalue weighted by Gasteiger charge is -2.17. The van der Waals surface area contributed by atoms with E-state index in [1.165, 1.54) is 10.2 Å². The predicted octanol–water partition coefficient (Wildman–Crippen LogP) is 3.79. The van der Waals surface area contributed by atoms with E-state index in [4.69, 9.17) is 14.5 Å². The van der Waals surface area contributed by atoms with Gasteiger partial charge in [-0.05, 0) is 48.2 Å². The number of pyridine rings is 1. The van der Waals surface area contributed by atoms with Crippen LogP contribution in [0.15, 0.2) is 66.9 Å². The summed E-state index contributed by atoms with van der Waals surface area (Å²) in [5.74, 6) is 0.475. The number of fused-ring (bicyclic) bond motifs is 2. The fourth-order valence-corrected chi connectivity index (χ4v) is 4.30. The number of benzene rings is 2. The van der Waals surface area contributed by atoms with Gasteiger partial charge >= 0.3 is 12.1 Å². The van der Waals surface area contributed by atoms with Crippen molar-refractivity contribution in [2.24, 2.45) is 0 Å².